The molecule has 0 aliphatic carbocycles. The minimum Gasteiger partial charge on any atom is -0.480 e. The summed E-state index contributed by atoms with van der Waals surface area (Å²) in [5.41, 5.74) is 1.26. The highest BCUT2D eigenvalue weighted by atomic mass is 35.5. The van der Waals surface area contributed by atoms with Gasteiger partial charge in [0.05, 0.1) is 13.1 Å². The van der Waals surface area contributed by atoms with E-state index in [1.807, 2.05) is 0 Å². The van der Waals surface area contributed by atoms with E-state index in [9.17, 15) is 23.1 Å². The lowest BCUT2D eigenvalue weighted by Gasteiger charge is -2.38. The molecule has 2 heterocycles. The van der Waals surface area contributed by atoms with Gasteiger partial charge in [-0.3, -0.25) is 10.2 Å². The molecule has 4 rings (SSSR count). The number of rotatable bonds is 7. The highest BCUT2D eigenvalue weighted by molar-refractivity contribution is 7.91. The van der Waals surface area contributed by atoms with Gasteiger partial charge in [-0.2, -0.15) is 4.31 Å². The van der Waals surface area contributed by atoms with Gasteiger partial charge in [0.1, 0.15) is 16.1 Å². The van der Waals surface area contributed by atoms with Gasteiger partial charge in [0.2, 0.25) is 5.91 Å². The molecule has 0 spiro atoms. The molecule has 2 N–H and O–H groups in total. The van der Waals surface area contributed by atoms with Crippen LogP contribution < -0.4 is 0 Å². The smallest absolute Gasteiger partial charge is 0.327 e. The average Bonchev–Trinajstić information content (AvgIpc) is 3.29. The molecule has 2 aromatic carbocycles. The largest absolute Gasteiger partial charge is 0.480 e. The number of hydrogen-bond acceptors (Lipinski definition) is 6. The quantitative estimate of drug-likeness (QED) is 0.261. The van der Waals surface area contributed by atoms with E-state index < -0.39 is 34.5 Å². The Morgan fingerprint density at radius 1 is 1.27 bits per heavy atom. The molecule has 1 fully saturated rings. The van der Waals surface area contributed by atoms with Crippen LogP contribution >= 0.6 is 22.9 Å². The Balaban J connectivity index is 1.53. The number of fused-ring (bicyclic) bond motifs is 1. The maximum absolute atomic E-state index is 13.3. The van der Waals surface area contributed by atoms with Gasteiger partial charge in [-0.05, 0) is 29.1 Å². The van der Waals surface area contributed by atoms with Crippen molar-refractivity contribution in [1.29, 1.82) is 5.41 Å². The fourth-order valence-electron chi connectivity index (χ4n) is 4.00. The van der Waals surface area contributed by atoms with E-state index in [4.69, 9.17) is 23.4 Å². The summed E-state index contributed by atoms with van der Waals surface area (Å²) in [6.45, 7) is -0.588. The number of carboxylic acid groups (broad SMARTS) is 1. The lowest BCUT2D eigenvalue weighted by Crippen LogP contribution is -2.59. The van der Waals surface area contributed by atoms with Crippen LogP contribution in [0, 0.1) is 17.8 Å². The Kier molecular flexibility index (Phi) is 7.57. The Morgan fingerprint density at radius 3 is 2.62 bits per heavy atom. The lowest BCUT2D eigenvalue weighted by atomic mass is 10.1. The Labute approximate surface area is 223 Å². The van der Waals surface area contributed by atoms with E-state index in [1.54, 1.807) is 54.4 Å². The summed E-state index contributed by atoms with van der Waals surface area (Å²) < 4.78 is 28.3. The van der Waals surface area contributed by atoms with Crippen molar-refractivity contribution in [2.45, 2.75) is 16.8 Å². The lowest BCUT2D eigenvalue weighted by molar-refractivity contribution is -0.154. The minimum atomic E-state index is -4.10. The van der Waals surface area contributed by atoms with Crippen molar-refractivity contribution in [2.24, 2.45) is 0 Å². The highest BCUT2D eigenvalue weighted by Gasteiger charge is 2.42. The van der Waals surface area contributed by atoms with Crippen molar-refractivity contribution >= 4 is 60.8 Å². The zero-order valence-corrected chi connectivity index (χ0v) is 22.1. The number of carboxylic acids is 1. The maximum Gasteiger partial charge on any atom is 0.327 e. The van der Waals surface area contributed by atoms with Gasteiger partial charge in [-0.1, -0.05) is 47.9 Å². The molecule has 1 aliphatic heterocycles. The number of piperazine rings is 1. The van der Waals surface area contributed by atoms with E-state index in [1.165, 1.54) is 11.0 Å². The van der Waals surface area contributed by atoms with Gasteiger partial charge in [-0.25, -0.2) is 13.2 Å². The van der Waals surface area contributed by atoms with Gasteiger partial charge in [-0.15, -0.1) is 17.8 Å². The Morgan fingerprint density at radius 2 is 1.97 bits per heavy atom. The van der Waals surface area contributed by atoms with Crippen LogP contribution in [0.5, 0.6) is 0 Å². The number of nitrogens with one attached hydrogen (secondary N) is 1. The molecule has 1 amide bonds. The molecule has 1 aliphatic rings. The number of amides is 1. The molecule has 9 nitrogen and oxygen atoms in total. The summed E-state index contributed by atoms with van der Waals surface area (Å²) in [5, 5.41) is 19.2. The SMILES string of the molecule is C#CCN(C)C(=N)c1ccc(CN2C(=O)CN(S(=O)(=O)c3cc4ccc(Cl)cc4s3)C[C@@H]2C(=O)O)cc1. The Bertz CT molecular complexity index is 1530. The first-order chi connectivity index (χ1) is 17.5. The second-order valence-electron chi connectivity index (χ2n) is 8.53. The summed E-state index contributed by atoms with van der Waals surface area (Å²) in [7, 11) is -2.40. The second kappa shape index (κ2) is 10.5. The molecular weight excluding hydrogens is 536 g/mol. The summed E-state index contributed by atoms with van der Waals surface area (Å²) in [6.07, 6.45) is 5.30. The van der Waals surface area contributed by atoms with Crippen LogP contribution in [0.2, 0.25) is 5.02 Å². The van der Waals surface area contributed by atoms with Crippen LogP contribution in [-0.2, 0) is 26.2 Å². The van der Waals surface area contributed by atoms with Crippen LogP contribution in [0.25, 0.3) is 10.1 Å². The highest BCUT2D eigenvalue weighted by Crippen LogP contribution is 2.33. The fraction of sp³-hybridized carbons (Fsp3) is 0.240. The minimum absolute atomic E-state index is 0.0150. The molecule has 192 valence electrons. The Hall–Kier alpha value is -3.43. The van der Waals surface area contributed by atoms with Crippen molar-refractivity contribution in [3.63, 3.8) is 0 Å². The third kappa shape index (κ3) is 5.47. The summed E-state index contributed by atoms with van der Waals surface area (Å²) >= 11 is 7.03. The number of carbonyl (C=O) groups is 2. The number of halogens is 1. The zero-order chi connectivity index (χ0) is 26.9. The number of terminal acetylenes is 1. The van der Waals surface area contributed by atoms with E-state index >= 15 is 0 Å². The predicted molar refractivity (Wildman–Crippen MR) is 142 cm³/mol. The number of nitrogens with zero attached hydrogens (tertiary/aromatic N) is 3. The standard InChI is InChI=1S/C25H23ClN4O5S2/c1-3-10-28(2)24(27)17-6-4-16(5-7-17)13-30-20(25(32)33)14-29(15-22(30)31)37(34,35)23-11-18-8-9-19(26)12-21(18)36-23/h1,4-9,11-12,20,27H,10,13-15H2,2H3,(H,32,33)/t20-/m1/s1. The zero-order valence-electron chi connectivity index (χ0n) is 19.7. The second-order valence-corrected chi connectivity index (χ2v) is 12.2. The van der Waals surface area contributed by atoms with Gasteiger partial charge < -0.3 is 14.9 Å². The third-order valence-electron chi connectivity index (χ3n) is 6.01. The molecule has 12 heteroatoms. The van der Waals surface area contributed by atoms with Gasteiger partial charge in [0, 0.05) is 35.4 Å². The number of amidine groups is 1. The third-order valence-corrected chi connectivity index (χ3v) is 9.61. The van der Waals surface area contributed by atoms with E-state index in [2.05, 4.69) is 5.92 Å². The van der Waals surface area contributed by atoms with Crippen molar-refractivity contribution in [1.82, 2.24) is 14.1 Å². The van der Waals surface area contributed by atoms with Crippen LogP contribution in [-0.4, -0.2) is 78.1 Å². The van der Waals surface area contributed by atoms with Crippen molar-refractivity contribution in [2.75, 3.05) is 26.7 Å². The van der Waals surface area contributed by atoms with E-state index in [0.717, 1.165) is 15.6 Å². The van der Waals surface area contributed by atoms with Crippen LogP contribution in [0.1, 0.15) is 11.1 Å². The summed E-state index contributed by atoms with van der Waals surface area (Å²) in [6, 6.07) is 11.9. The first-order valence-electron chi connectivity index (χ1n) is 11.0. The molecule has 1 saturated heterocycles. The van der Waals surface area contributed by atoms with Crippen LogP contribution in [0.15, 0.2) is 52.7 Å². The van der Waals surface area contributed by atoms with E-state index in [0.29, 0.717) is 26.2 Å². The van der Waals surface area contributed by atoms with Crippen molar-refractivity contribution in [3.8, 4) is 12.3 Å². The molecule has 0 unspecified atom stereocenters. The van der Waals surface area contributed by atoms with Crippen molar-refractivity contribution in [3.05, 3.63) is 64.7 Å². The first kappa shape index (κ1) is 26.6. The normalized spacial score (nSPS) is 16.5. The van der Waals surface area contributed by atoms with Crippen LogP contribution in [0.3, 0.4) is 0 Å². The number of benzene rings is 2. The topological polar surface area (TPSA) is 122 Å². The van der Waals surface area contributed by atoms with Gasteiger partial charge in [0.15, 0.2) is 0 Å². The van der Waals surface area contributed by atoms with Crippen molar-refractivity contribution < 1.29 is 23.1 Å². The van der Waals surface area contributed by atoms with E-state index in [-0.39, 0.29) is 29.7 Å². The molecule has 37 heavy (non-hydrogen) atoms. The number of thiophene rings is 1. The maximum atomic E-state index is 13.3. The van der Waals surface area contributed by atoms with Gasteiger partial charge in [0.25, 0.3) is 10.0 Å². The number of hydrogen-bond donors (Lipinski definition) is 2. The average molecular weight is 559 g/mol. The monoisotopic (exact) mass is 558 g/mol. The molecule has 0 radical (unpaired) electrons. The number of sulfonamides is 1. The number of aliphatic carboxylic acids is 1. The fourth-order valence-corrected chi connectivity index (χ4v) is 7.23. The molecule has 1 atom stereocenters. The molecule has 3 aromatic rings. The molecule has 0 saturated carbocycles. The molecule has 0 bridgehead atoms. The summed E-state index contributed by atoms with van der Waals surface area (Å²) in [4.78, 5) is 27.9. The molecular formula is C25H23ClN4O5S2. The summed E-state index contributed by atoms with van der Waals surface area (Å²) in [5.74, 6) is 0.785. The van der Waals surface area contributed by atoms with Gasteiger partial charge >= 0.3 is 5.97 Å². The first-order valence-corrected chi connectivity index (χ1v) is 13.7. The predicted octanol–water partition coefficient (Wildman–Crippen LogP) is 2.93. The number of carbonyl (C=O) groups excluding carboxylic acids is 1. The molecule has 1 aromatic heterocycles. The van der Waals surface area contributed by atoms with Crippen LogP contribution in [0.4, 0.5) is 0 Å².